The van der Waals surface area contributed by atoms with Crippen LogP contribution in [0.1, 0.15) is 18.4 Å². The van der Waals surface area contributed by atoms with Crippen LogP contribution in [0, 0.1) is 17.6 Å². The normalized spacial score (nSPS) is 11.3. The molecule has 0 aliphatic heterocycles. The largest absolute Gasteiger partial charge is 0.653 e. The minimum absolute atomic E-state index is 0. The van der Waals surface area contributed by atoms with Gasteiger partial charge < -0.3 is 22.1 Å². The Kier molecular flexibility index (Phi) is 15.4. The van der Waals surface area contributed by atoms with Crippen molar-refractivity contribution in [2.45, 2.75) is 30.2 Å². The summed E-state index contributed by atoms with van der Waals surface area (Å²) >= 11 is 1.12. The summed E-state index contributed by atoms with van der Waals surface area (Å²) < 4.78 is 4.92. The van der Waals surface area contributed by atoms with E-state index in [0.717, 1.165) is 28.6 Å². The first kappa shape index (κ1) is 26.0. The number of carbonyl (C=O) groups excluding carboxylic acids is 1. The fraction of sp³-hybridized carbons (Fsp3) is 0.444. The number of carboxylic acids is 1. The number of benzene rings is 1. The second-order valence-corrected chi connectivity index (χ2v) is 6.40. The van der Waals surface area contributed by atoms with E-state index in [1.807, 2.05) is 34.6 Å². The van der Waals surface area contributed by atoms with Crippen LogP contribution in [-0.2, 0) is 53.5 Å². The predicted molar refractivity (Wildman–Crippen MR) is 99.4 cm³/mol. The van der Waals surface area contributed by atoms with Crippen molar-refractivity contribution in [3.63, 3.8) is 0 Å². The third-order valence-electron chi connectivity index (χ3n) is 3.72. The molecule has 0 heterocycles. The molecule has 0 aliphatic carbocycles. The van der Waals surface area contributed by atoms with Crippen molar-refractivity contribution in [2.24, 2.45) is 0 Å². The predicted octanol–water partition coefficient (Wildman–Crippen LogP) is 2.67. The van der Waals surface area contributed by atoms with E-state index in [2.05, 4.69) is 12.2 Å². The third-order valence-corrected chi connectivity index (χ3v) is 4.32. The summed E-state index contributed by atoms with van der Waals surface area (Å²) in [6.07, 6.45) is 2.03. The van der Waals surface area contributed by atoms with Crippen molar-refractivity contribution in [3.8, 4) is 5.40 Å². The Morgan fingerprint density at radius 3 is 2.70 bits per heavy atom. The Balaban J connectivity index is 0.00000676. The van der Waals surface area contributed by atoms with Gasteiger partial charge in [0.2, 0.25) is 0 Å². The zero-order valence-corrected chi connectivity index (χ0v) is 18.8. The van der Waals surface area contributed by atoms with Gasteiger partial charge in [-0.3, -0.25) is 14.5 Å². The van der Waals surface area contributed by atoms with Gasteiger partial charge in [0.25, 0.3) is 12.4 Å². The first-order chi connectivity index (χ1) is 12.6. The number of ether oxygens (including phenoxy) is 1. The number of hydrogen-bond donors (Lipinski definition) is 1. The smallest absolute Gasteiger partial charge is 0.294 e. The average molecular weight is 466 g/mol. The van der Waals surface area contributed by atoms with E-state index < -0.39 is 5.97 Å². The molecule has 0 fully saturated rings. The number of carboxylic acid groups (broad SMARTS) is 1. The van der Waals surface area contributed by atoms with E-state index >= 15 is 0 Å². The topological polar surface area (TPSA) is 105 Å². The number of carbonyl (C=O) groups is 2. The summed E-state index contributed by atoms with van der Waals surface area (Å²) in [5.41, 5.74) is 1.10. The van der Waals surface area contributed by atoms with E-state index in [9.17, 15) is 9.59 Å². The summed E-state index contributed by atoms with van der Waals surface area (Å²) in [5.74, 6) is -0.945. The molecule has 0 amide bonds. The molecule has 1 radical (unpaired) electrons. The van der Waals surface area contributed by atoms with Gasteiger partial charge in [-0.2, -0.15) is 11.7 Å². The molecule has 145 valence electrons. The zero-order valence-electron chi connectivity index (χ0n) is 15.1. The van der Waals surface area contributed by atoms with E-state index in [-0.39, 0.29) is 52.0 Å². The van der Waals surface area contributed by atoms with Gasteiger partial charge in [0.1, 0.15) is 12.1 Å². The Labute approximate surface area is 189 Å². The van der Waals surface area contributed by atoms with E-state index in [1.165, 1.54) is 0 Å². The Hall–Kier alpha value is -0.976. The van der Waals surface area contributed by atoms with Gasteiger partial charge in [-0.25, -0.2) is 0 Å². The molecule has 0 saturated carbocycles. The van der Waals surface area contributed by atoms with Crippen LogP contribution in [0.3, 0.4) is 0 Å². The van der Waals surface area contributed by atoms with Gasteiger partial charge in [-0.1, -0.05) is 18.6 Å². The number of nitrogens with zero attached hydrogens (tertiary/aromatic N) is 3. The molecule has 1 atom stereocenters. The fourth-order valence-electron chi connectivity index (χ4n) is 2.47. The molecule has 0 spiro atoms. The molecule has 1 aromatic rings. The fourth-order valence-corrected chi connectivity index (χ4v) is 2.85. The molecule has 1 N–H and O–H groups in total. The Bertz CT molecular complexity index is 595. The second kappa shape index (κ2) is 16.0. The van der Waals surface area contributed by atoms with Crippen LogP contribution >= 0.6 is 11.8 Å². The number of hydrogen-bond acceptors (Lipinski definition) is 6. The van der Waals surface area contributed by atoms with Gasteiger partial charge in [0, 0.05) is 37.6 Å². The zero-order chi connectivity index (χ0) is 19.2. The number of thioether (sulfide) groups is 1. The Morgan fingerprint density at radius 2 is 2.15 bits per heavy atom. The van der Waals surface area contributed by atoms with E-state index in [0.29, 0.717) is 32.4 Å². The molecule has 7 nitrogen and oxygen atoms in total. The number of thiocyanates is 1. The summed E-state index contributed by atoms with van der Waals surface area (Å²) in [6, 6.07) is 7.83. The van der Waals surface area contributed by atoms with Crippen molar-refractivity contribution in [3.05, 3.63) is 42.1 Å². The SMILES string of the molecule is [CH2-]CC(Cc1ccc(SC#N)cc1)N(CCC[N-]CC(=O)O)COC=O.[Y]. The number of aliphatic carboxylic acids is 1. The Morgan fingerprint density at radius 1 is 1.44 bits per heavy atom. The average Bonchev–Trinajstić information content (AvgIpc) is 2.63. The van der Waals surface area contributed by atoms with Gasteiger partial charge in [-0.15, -0.1) is 6.54 Å². The molecule has 0 aromatic heterocycles. The molecule has 27 heavy (non-hydrogen) atoms. The van der Waals surface area contributed by atoms with Crippen LogP contribution < -0.4 is 0 Å². The van der Waals surface area contributed by atoms with Crippen molar-refractivity contribution in [1.82, 2.24) is 4.90 Å². The summed E-state index contributed by atoms with van der Waals surface area (Å²) in [6.45, 7) is 5.43. The first-order valence-corrected chi connectivity index (χ1v) is 9.00. The van der Waals surface area contributed by atoms with E-state index in [4.69, 9.17) is 15.1 Å². The molecule has 0 saturated heterocycles. The van der Waals surface area contributed by atoms with Gasteiger partial charge in [-0.05, 0) is 55.0 Å². The van der Waals surface area contributed by atoms with Crippen molar-refractivity contribution in [2.75, 3.05) is 26.4 Å². The molecule has 0 aliphatic rings. The quantitative estimate of drug-likeness (QED) is 0.112. The molecule has 0 bridgehead atoms. The summed E-state index contributed by atoms with van der Waals surface area (Å²) in [4.78, 5) is 23.9. The third kappa shape index (κ3) is 11.5. The monoisotopic (exact) mass is 466 g/mol. The molecular weight excluding hydrogens is 443 g/mol. The van der Waals surface area contributed by atoms with Crippen LogP contribution in [-0.4, -0.2) is 54.9 Å². The molecule has 9 heteroatoms. The summed E-state index contributed by atoms with van der Waals surface area (Å²) in [5, 5.41) is 23.3. The van der Waals surface area contributed by atoms with Crippen LogP contribution in [0.15, 0.2) is 29.2 Å². The number of rotatable bonds is 14. The summed E-state index contributed by atoms with van der Waals surface area (Å²) in [7, 11) is 0. The van der Waals surface area contributed by atoms with Gasteiger partial charge in [0.15, 0.2) is 0 Å². The van der Waals surface area contributed by atoms with Crippen molar-refractivity contribution >= 4 is 24.2 Å². The molecule has 1 rings (SSSR count). The van der Waals surface area contributed by atoms with Crippen LogP contribution in [0.4, 0.5) is 0 Å². The minimum atomic E-state index is -0.945. The minimum Gasteiger partial charge on any atom is -0.653 e. The van der Waals surface area contributed by atoms with Crippen molar-refractivity contribution < 1.29 is 52.1 Å². The van der Waals surface area contributed by atoms with Crippen LogP contribution in [0.5, 0.6) is 0 Å². The molecule has 1 aromatic carbocycles. The maximum absolute atomic E-state index is 10.6. The second-order valence-electron chi connectivity index (χ2n) is 5.54. The van der Waals surface area contributed by atoms with E-state index in [1.54, 1.807) is 0 Å². The first-order valence-electron chi connectivity index (χ1n) is 8.19. The van der Waals surface area contributed by atoms with Crippen molar-refractivity contribution in [1.29, 1.82) is 5.26 Å². The van der Waals surface area contributed by atoms with Crippen LogP contribution in [0.2, 0.25) is 0 Å². The number of nitriles is 1. The molecular formula is C18H23N3O4SY-2. The van der Waals surface area contributed by atoms with Gasteiger partial charge >= 0.3 is 0 Å². The maximum Gasteiger partial charge on any atom is 0.294 e. The standard InChI is InChI=1S/C18H23N3O4S.Y/c1-2-16(10-15-4-6-17(7-5-15)26-12-19)21(13-25-14-22)9-3-8-20-11-18(23)24;/h4-7,14,16H,1-3,8-11,13H2,(H,23,24);/q-2;. The molecule has 1 unspecified atom stereocenters. The maximum atomic E-state index is 10.6. The van der Waals surface area contributed by atoms with Crippen LogP contribution in [0.25, 0.3) is 5.32 Å². The van der Waals surface area contributed by atoms with Gasteiger partial charge in [0.05, 0.1) is 0 Å².